The molecule has 0 aliphatic carbocycles. The predicted molar refractivity (Wildman–Crippen MR) is 84.3 cm³/mol. The smallest absolute Gasteiger partial charge is 0.259 e. The molecule has 0 saturated heterocycles. The van der Waals surface area contributed by atoms with Crippen molar-refractivity contribution in [2.75, 3.05) is 6.61 Å². The van der Waals surface area contributed by atoms with Crippen molar-refractivity contribution in [1.29, 1.82) is 5.26 Å². The first kappa shape index (κ1) is 16.5. The summed E-state index contributed by atoms with van der Waals surface area (Å²) in [6.07, 6.45) is 0. The minimum Gasteiger partial charge on any atom is -0.483 e. The van der Waals surface area contributed by atoms with Crippen LogP contribution in [0.5, 0.6) is 5.75 Å². The Morgan fingerprint density at radius 1 is 1.26 bits per heavy atom. The van der Waals surface area contributed by atoms with Gasteiger partial charge in [0.05, 0.1) is 6.07 Å². The molecule has 1 amide bonds. The summed E-state index contributed by atoms with van der Waals surface area (Å²) >= 11 is 0. The minimum absolute atomic E-state index is 0.191. The van der Waals surface area contributed by atoms with E-state index in [-0.39, 0.29) is 6.61 Å². The van der Waals surface area contributed by atoms with E-state index in [9.17, 15) is 9.18 Å². The van der Waals surface area contributed by atoms with E-state index in [4.69, 9.17) is 10.00 Å². The molecule has 0 aromatic heterocycles. The highest BCUT2D eigenvalue weighted by atomic mass is 19.1. The molecule has 0 saturated carbocycles. The fourth-order valence-corrected chi connectivity index (χ4v) is 2.05. The molecular formula is C18H17FN2O2. The van der Waals surface area contributed by atoms with Gasteiger partial charge in [-0.2, -0.15) is 5.26 Å². The lowest BCUT2D eigenvalue weighted by Gasteiger charge is -2.13. The quantitative estimate of drug-likeness (QED) is 0.922. The normalized spacial score (nSPS) is 11.4. The molecule has 4 nitrogen and oxygen atoms in total. The van der Waals surface area contributed by atoms with Gasteiger partial charge in [-0.15, -0.1) is 0 Å². The summed E-state index contributed by atoms with van der Waals surface area (Å²) in [6.45, 7) is 3.64. The van der Waals surface area contributed by atoms with Crippen molar-refractivity contribution >= 4 is 5.91 Å². The Labute approximate surface area is 134 Å². The summed E-state index contributed by atoms with van der Waals surface area (Å²) in [5.41, 5.74) is 2.49. The van der Waals surface area contributed by atoms with E-state index in [2.05, 4.69) is 5.32 Å². The van der Waals surface area contributed by atoms with Crippen LogP contribution in [0.2, 0.25) is 0 Å². The lowest BCUT2D eigenvalue weighted by Crippen LogP contribution is -2.32. The zero-order valence-corrected chi connectivity index (χ0v) is 13.0. The maximum atomic E-state index is 12.9. The largest absolute Gasteiger partial charge is 0.483 e. The summed E-state index contributed by atoms with van der Waals surface area (Å²) in [5, 5.41) is 11.7. The van der Waals surface area contributed by atoms with Gasteiger partial charge in [0.1, 0.15) is 17.6 Å². The van der Waals surface area contributed by atoms with Crippen LogP contribution in [0.15, 0.2) is 42.5 Å². The van der Waals surface area contributed by atoms with Crippen LogP contribution in [0.1, 0.15) is 22.7 Å². The molecule has 1 N–H and O–H groups in total. The summed E-state index contributed by atoms with van der Waals surface area (Å²) in [6, 6.07) is 12.3. The number of hydrogen-bond donors (Lipinski definition) is 1. The molecule has 0 spiro atoms. The average molecular weight is 312 g/mol. The third-order valence-corrected chi connectivity index (χ3v) is 3.34. The predicted octanol–water partition coefficient (Wildman–Crippen LogP) is 3.20. The van der Waals surface area contributed by atoms with Crippen molar-refractivity contribution in [3.05, 3.63) is 65.0 Å². The van der Waals surface area contributed by atoms with Crippen LogP contribution >= 0.6 is 0 Å². The van der Waals surface area contributed by atoms with Crippen molar-refractivity contribution in [2.45, 2.75) is 19.9 Å². The van der Waals surface area contributed by atoms with Gasteiger partial charge in [0.2, 0.25) is 0 Å². The van der Waals surface area contributed by atoms with Crippen LogP contribution in [-0.2, 0) is 4.79 Å². The van der Waals surface area contributed by atoms with E-state index in [1.807, 2.05) is 38.1 Å². The lowest BCUT2D eigenvalue weighted by molar-refractivity contribution is -0.123. The molecular weight excluding hydrogens is 295 g/mol. The van der Waals surface area contributed by atoms with E-state index in [1.54, 1.807) is 0 Å². The number of hydrogen-bond acceptors (Lipinski definition) is 3. The molecule has 0 fully saturated rings. The van der Waals surface area contributed by atoms with Gasteiger partial charge in [0, 0.05) is 0 Å². The number of nitrogens with zero attached hydrogens (tertiary/aromatic N) is 1. The van der Waals surface area contributed by atoms with Gasteiger partial charge in [-0.3, -0.25) is 4.79 Å². The number of nitriles is 1. The number of aryl methyl sites for hydroxylation is 2. The Kier molecular flexibility index (Phi) is 5.32. The second kappa shape index (κ2) is 7.41. The standard InChI is InChI=1S/C18H17FN2O2/c1-12-3-4-13(2)17(9-12)23-11-18(22)21-16(10-20)14-5-7-15(19)8-6-14/h3-9,16H,11H2,1-2H3,(H,21,22)/t16-/m1/s1. The van der Waals surface area contributed by atoms with Gasteiger partial charge >= 0.3 is 0 Å². The number of nitrogens with one attached hydrogen (secondary N) is 1. The maximum Gasteiger partial charge on any atom is 0.259 e. The molecule has 2 aromatic carbocycles. The van der Waals surface area contributed by atoms with E-state index >= 15 is 0 Å². The Hall–Kier alpha value is -2.87. The fraction of sp³-hybridized carbons (Fsp3) is 0.222. The van der Waals surface area contributed by atoms with Crippen molar-refractivity contribution in [1.82, 2.24) is 5.32 Å². The number of ether oxygens (including phenoxy) is 1. The van der Waals surface area contributed by atoms with E-state index < -0.39 is 17.8 Å². The molecule has 0 unspecified atom stereocenters. The molecule has 118 valence electrons. The molecule has 5 heteroatoms. The van der Waals surface area contributed by atoms with Crippen LogP contribution in [-0.4, -0.2) is 12.5 Å². The van der Waals surface area contributed by atoms with E-state index in [1.165, 1.54) is 24.3 Å². The zero-order valence-electron chi connectivity index (χ0n) is 13.0. The molecule has 0 heterocycles. The van der Waals surface area contributed by atoms with Crippen LogP contribution < -0.4 is 10.1 Å². The van der Waals surface area contributed by atoms with Gasteiger partial charge in [-0.25, -0.2) is 4.39 Å². The highest BCUT2D eigenvalue weighted by molar-refractivity contribution is 5.78. The highest BCUT2D eigenvalue weighted by Crippen LogP contribution is 2.19. The summed E-state index contributed by atoms with van der Waals surface area (Å²) < 4.78 is 18.4. The van der Waals surface area contributed by atoms with E-state index in [0.29, 0.717) is 11.3 Å². The number of halogens is 1. The molecule has 23 heavy (non-hydrogen) atoms. The van der Waals surface area contributed by atoms with Crippen molar-refractivity contribution in [3.63, 3.8) is 0 Å². The second-order valence-electron chi connectivity index (χ2n) is 5.24. The average Bonchev–Trinajstić information content (AvgIpc) is 2.54. The lowest BCUT2D eigenvalue weighted by atomic mass is 10.1. The van der Waals surface area contributed by atoms with Crippen LogP contribution in [0.4, 0.5) is 4.39 Å². The van der Waals surface area contributed by atoms with Gasteiger partial charge < -0.3 is 10.1 Å². The number of rotatable bonds is 5. The first-order valence-electron chi connectivity index (χ1n) is 7.14. The third kappa shape index (κ3) is 4.55. The Balaban J connectivity index is 1.96. The van der Waals surface area contributed by atoms with Crippen molar-refractivity contribution in [3.8, 4) is 11.8 Å². The van der Waals surface area contributed by atoms with Crippen LogP contribution in [0, 0.1) is 31.0 Å². The van der Waals surface area contributed by atoms with Crippen LogP contribution in [0.3, 0.4) is 0 Å². The Morgan fingerprint density at radius 2 is 1.96 bits per heavy atom. The molecule has 2 aromatic rings. The molecule has 2 rings (SSSR count). The minimum atomic E-state index is -0.842. The molecule has 0 bridgehead atoms. The fourth-order valence-electron chi connectivity index (χ4n) is 2.05. The van der Waals surface area contributed by atoms with Crippen molar-refractivity contribution in [2.24, 2.45) is 0 Å². The van der Waals surface area contributed by atoms with E-state index in [0.717, 1.165) is 11.1 Å². The number of benzene rings is 2. The van der Waals surface area contributed by atoms with Gasteiger partial charge in [0.25, 0.3) is 5.91 Å². The SMILES string of the molecule is Cc1ccc(C)c(OCC(=O)N[C@H](C#N)c2ccc(F)cc2)c1. The second-order valence-corrected chi connectivity index (χ2v) is 5.24. The summed E-state index contributed by atoms with van der Waals surface area (Å²) in [7, 11) is 0. The summed E-state index contributed by atoms with van der Waals surface area (Å²) in [5.74, 6) is -0.174. The van der Waals surface area contributed by atoms with Crippen LogP contribution in [0.25, 0.3) is 0 Å². The van der Waals surface area contributed by atoms with Crippen molar-refractivity contribution < 1.29 is 13.9 Å². The number of amides is 1. The molecule has 0 radical (unpaired) electrons. The maximum absolute atomic E-state index is 12.9. The Morgan fingerprint density at radius 3 is 2.61 bits per heavy atom. The first-order chi connectivity index (χ1) is 11.0. The molecule has 0 aliphatic heterocycles. The topological polar surface area (TPSA) is 62.1 Å². The summed E-state index contributed by atoms with van der Waals surface area (Å²) in [4.78, 5) is 12.0. The van der Waals surface area contributed by atoms with Gasteiger partial charge in [-0.05, 0) is 48.7 Å². The zero-order chi connectivity index (χ0) is 16.8. The Bertz CT molecular complexity index is 736. The molecule has 0 aliphatic rings. The number of carbonyl (C=O) groups is 1. The monoisotopic (exact) mass is 312 g/mol. The van der Waals surface area contributed by atoms with Gasteiger partial charge in [-0.1, -0.05) is 24.3 Å². The number of carbonyl (C=O) groups excluding carboxylic acids is 1. The molecule has 1 atom stereocenters. The first-order valence-corrected chi connectivity index (χ1v) is 7.14. The van der Waals surface area contributed by atoms with Gasteiger partial charge in [0.15, 0.2) is 6.61 Å². The third-order valence-electron chi connectivity index (χ3n) is 3.34. The highest BCUT2D eigenvalue weighted by Gasteiger charge is 2.14.